The Morgan fingerprint density at radius 1 is 1.11 bits per heavy atom. The zero-order chi connectivity index (χ0) is 18.8. The molecule has 1 saturated heterocycles. The Morgan fingerprint density at radius 3 is 2.63 bits per heavy atom. The number of amides is 2. The Balaban J connectivity index is 1.25. The van der Waals surface area contributed by atoms with Crippen molar-refractivity contribution in [2.45, 2.75) is 13.0 Å². The Hall–Kier alpha value is -2.47. The molecule has 2 fully saturated rings. The molecule has 6 nitrogen and oxygen atoms in total. The number of carbonyl (C=O) groups is 2. The minimum Gasteiger partial charge on any atom is -0.467 e. The number of piperazine rings is 1. The van der Waals surface area contributed by atoms with E-state index in [1.165, 1.54) is 0 Å². The van der Waals surface area contributed by atoms with Crippen molar-refractivity contribution in [1.29, 1.82) is 0 Å². The first-order valence-electron chi connectivity index (χ1n) is 9.21. The molecular formula is C20H22ClN3O3. The van der Waals surface area contributed by atoms with E-state index in [1.807, 2.05) is 35.2 Å². The van der Waals surface area contributed by atoms with Gasteiger partial charge in [0, 0.05) is 36.9 Å². The minimum atomic E-state index is -0.210. The molecule has 0 bridgehead atoms. The third-order valence-electron chi connectivity index (χ3n) is 5.23. The fraction of sp³-hybridized carbons (Fsp3) is 0.400. The summed E-state index contributed by atoms with van der Waals surface area (Å²) in [6.07, 6.45) is 2.21. The van der Waals surface area contributed by atoms with E-state index in [4.69, 9.17) is 16.0 Å². The molecule has 2 atom stereocenters. The molecule has 1 saturated carbocycles. The van der Waals surface area contributed by atoms with Crippen LogP contribution in [0.3, 0.4) is 0 Å². The molecule has 2 aromatic rings. The predicted octanol–water partition coefficient (Wildman–Crippen LogP) is 2.53. The highest BCUT2D eigenvalue weighted by Crippen LogP contribution is 2.40. The van der Waals surface area contributed by atoms with Gasteiger partial charge >= 0.3 is 0 Å². The van der Waals surface area contributed by atoms with Gasteiger partial charge in [-0.3, -0.25) is 9.59 Å². The number of hydrogen-bond donors (Lipinski definition) is 1. The van der Waals surface area contributed by atoms with Crippen LogP contribution in [0.1, 0.15) is 12.2 Å². The molecule has 2 heterocycles. The summed E-state index contributed by atoms with van der Waals surface area (Å²) in [7, 11) is 0. The number of benzene rings is 1. The van der Waals surface area contributed by atoms with E-state index < -0.39 is 0 Å². The molecule has 27 heavy (non-hydrogen) atoms. The smallest absolute Gasteiger partial charge is 0.226 e. The average Bonchev–Trinajstić information content (AvgIpc) is 3.32. The van der Waals surface area contributed by atoms with Crippen LogP contribution in [0.15, 0.2) is 47.1 Å². The molecule has 4 rings (SSSR count). The molecule has 2 aliphatic rings. The minimum absolute atomic E-state index is 0.0673. The van der Waals surface area contributed by atoms with Gasteiger partial charge in [0.1, 0.15) is 5.76 Å². The molecule has 2 amide bonds. The monoisotopic (exact) mass is 387 g/mol. The van der Waals surface area contributed by atoms with Crippen LogP contribution in [0.2, 0.25) is 5.02 Å². The van der Waals surface area contributed by atoms with Gasteiger partial charge in [-0.25, -0.2) is 0 Å². The number of furan rings is 1. The molecule has 1 aromatic heterocycles. The summed E-state index contributed by atoms with van der Waals surface area (Å²) < 4.78 is 5.20. The van der Waals surface area contributed by atoms with Crippen molar-refractivity contribution in [1.82, 2.24) is 10.2 Å². The second-order valence-electron chi connectivity index (χ2n) is 7.04. The van der Waals surface area contributed by atoms with Gasteiger partial charge in [-0.15, -0.1) is 0 Å². The highest BCUT2D eigenvalue weighted by Gasteiger charge is 2.49. The molecular weight excluding hydrogens is 366 g/mol. The number of rotatable bonds is 5. The highest BCUT2D eigenvalue weighted by atomic mass is 35.5. The molecule has 1 N–H and O–H groups in total. The third-order valence-corrected chi connectivity index (χ3v) is 5.46. The Labute approximate surface area is 163 Å². The van der Waals surface area contributed by atoms with Crippen LogP contribution in [-0.2, 0) is 16.1 Å². The summed E-state index contributed by atoms with van der Waals surface area (Å²) in [5, 5.41) is 3.56. The van der Waals surface area contributed by atoms with Crippen molar-refractivity contribution >= 4 is 29.1 Å². The van der Waals surface area contributed by atoms with E-state index in [9.17, 15) is 9.59 Å². The number of nitrogens with one attached hydrogen (secondary N) is 1. The van der Waals surface area contributed by atoms with Crippen LogP contribution in [-0.4, -0.2) is 42.9 Å². The largest absolute Gasteiger partial charge is 0.467 e. The van der Waals surface area contributed by atoms with Crippen LogP contribution in [0, 0.1) is 11.8 Å². The molecule has 1 aromatic carbocycles. The second kappa shape index (κ2) is 7.64. The lowest BCUT2D eigenvalue weighted by molar-refractivity contribution is -0.135. The zero-order valence-corrected chi connectivity index (χ0v) is 15.7. The summed E-state index contributed by atoms with van der Waals surface area (Å²) in [5.74, 6) is 0.350. The lowest BCUT2D eigenvalue weighted by Gasteiger charge is -2.36. The summed E-state index contributed by atoms with van der Waals surface area (Å²) in [4.78, 5) is 29.0. The van der Waals surface area contributed by atoms with E-state index >= 15 is 0 Å². The van der Waals surface area contributed by atoms with Crippen molar-refractivity contribution in [2.24, 2.45) is 11.8 Å². The number of hydrogen-bond acceptors (Lipinski definition) is 4. The molecule has 0 radical (unpaired) electrons. The number of nitrogens with zero attached hydrogens (tertiary/aromatic N) is 2. The highest BCUT2D eigenvalue weighted by molar-refractivity contribution is 6.30. The molecule has 142 valence electrons. The Bertz CT molecular complexity index is 816. The van der Waals surface area contributed by atoms with Gasteiger partial charge in [0.25, 0.3) is 0 Å². The SMILES string of the molecule is O=C(NCc1ccco1)C1CC1C(=O)N1CCN(c2cccc(Cl)c2)CC1. The van der Waals surface area contributed by atoms with Crippen molar-refractivity contribution in [3.05, 3.63) is 53.4 Å². The summed E-state index contributed by atoms with van der Waals surface area (Å²) in [6.45, 7) is 3.25. The second-order valence-corrected chi connectivity index (χ2v) is 7.47. The Kier molecular flexibility index (Phi) is 5.07. The predicted molar refractivity (Wildman–Crippen MR) is 102 cm³/mol. The zero-order valence-electron chi connectivity index (χ0n) is 14.9. The van der Waals surface area contributed by atoms with E-state index in [-0.39, 0.29) is 23.7 Å². The molecule has 2 unspecified atom stereocenters. The topological polar surface area (TPSA) is 65.8 Å². The molecule has 1 aliphatic heterocycles. The van der Waals surface area contributed by atoms with Gasteiger partial charge in [-0.05, 0) is 36.8 Å². The summed E-state index contributed by atoms with van der Waals surface area (Å²) in [6, 6.07) is 11.4. The number of halogens is 1. The maximum Gasteiger partial charge on any atom is 0.226 e. The first kappa shape index (κ1) is 17.9. The lowest BCUT2D eigenvalue weighted by atomic mass is 10.2. The van der Waals surface area contributed by atoms with Crippen LogP contribution in [0.25, 0.3) is 0 Å². The average molecular weight is 388 g/mol. The van der Waals surface area contributed by atoms with E-state index in [1.54, 1.807) is 12.3 Å². The normalized spacial score (nSPS) is 21.8. The first-order chi connectivity index (χ1) is 13.1. The van der Waals surface area contributed by atoms with Crippen LogP contribution < -0.4 is 10.2 Å². The standard InChI is InChI=1S/C20H22ClN3O3/c21-14-3-1-4-15(11-14)23-6-8-24(9-7-23)20(26)18-12-17(18)19(25)22-13-16-5-2-10-27-16/h1-5,10-11,17-18H,6-9,12-13H2,(H,22,25). The summed E-state index contributed by atoms with van der Waals surface area (Å²) in [5.41, 5.74) is 1.08. The lowest BCUT2D eigenvalue weighted by Crippen LogP contribution is -2.49. The van der Waals surface area contributed by atoms with Crippen LogP contribution in [0.4, 0.5) is 5.69 Å². The number of carbonyl (C=O) groups excluding carboxylic acids is 2. The van der Waals surface area contributed by atoms with E-state index in [0.717, 1.165) is 18.8 Å². The van der Waals surface area contributed by atoms with Gasteiger partial charge < -0.3 is 19.5 Å². The Morgan fingerprint density at radius 2 is 1.93 bits per heavy atom. The van der Waals surface area contributed by atoms with Crippen molar-refractivity contribution < 1.29 is 14.0 Å². The van der Waals surface area contributed by atoms with E-state index in [0.29, 0.717) is 36.8 Å². The van der Waals surface area contributed by atoms with Crippen molar-refractivity contribution in [3.8, 4) is 0 Å². The van der Waals surface area contributed by atoms with Crippen LogP contribution in [0.5, 0.6) is 0 Å². The fourth-order valence-electron chi connectivity index (χ4n) is 3.57. The first-order valence-corrected chi connectivity index (χ1v) is 9.59. The third kappa shape index (κ3) is 4.11. The molecule has 0 spiro atoms. The van der Waals surface area contributed by atoms with Gasteiger partial charge in [0.2, 0.25) is 11.8 Å². The van der Waals surface area contributed by atoms with Crippen molar-refractivity contribution in [2.75, 3.05) is 31.1 Å². The van der Waals surface area contributed by atoms with Crippen molar-refractivity contribution in [3.63, 3.8) is 0 Å². The molecule has 1 aliphatic carbocycles. The molecule has 7 heteroatoms. The maximum absolute atomic E-state index is 12.7. The number of anilines is 1. The quantitative estimate of drug-likeness (QED) is 0.856. The fourth-order valence-corrected chi connectivity index (χ4v) is 3.75. The maximum atomic E-state index is 12.7. The van der Waals surface area contributed by atoms with Gasteiger partial charge in [-0.2, -0.15) is 0 Å². The van der Waals surface area contributed by atoms with E-state index in [2.05, 4.69) is 10.2 Å². The van der Waals surface area contributed by atoms with Crippen LogP contribution >= 0.6 is 11.6 Å². The summed E-state index contributed by atoms with van der Waals surface area (Å²) >= 11 is 6.06. The van der Waals surface area contributed by atoms with Gasteiger partial charge in [0.15, 0.2) is 0 Å². The van der Waals surface area contributed by atoms with Gasteiger partial charge in [0.05, 0.1) is 24.6 Å². The van der Waals surface area contributed by atoms with Gasteiger partial charge in [-0.1, -0.05) is 17.7 Å².